The molecule has 0 saturated carbocycles. The third kappa shape index (κ3) is 3.57. The average Bonchev–Trinajstić information content (AvgIpc) is 2.88. The number of anilines is 1. The number of nitrogen functional groups attached to an aromatic ring is 1. The zero-order valence-corrected chi connectivity index (χ0v) is 15.3. The molecule has 136 valence electrons. The maximum Gasteiger partial charge on any atom is 0.416 e. The molecule has 0 spiro atoms. The van der Waals surface area contributed by atoms with Crippen molar-refractivity contribution in [3.05, 3.63) is 33.4 Å². The second kappa shape index (κ2) is 7.29. The monoisotopic (exact) mass is 420 g/mol. The lowest BCUT2D eigenvalue weighted by Gasteiger charge is -2.14. The fraction of sp³-hybridized carbons (Fsp3) is 0.200. The van der Waals surface area contributed by atoms with Gasteiger partial charge >= 0.3 is 6.18 Å². The van der Waals surface area contributed by atoms with Crippen LogP contribution >= 0.6 is 23.2 Å². The van der Waals surface area contributed by atoms with E-state index < -0.39 is 38.2 Å². The van der Waals surface area contributed by atoms with Gasteiger partial charge in [-0.2, -0.15) is 18.4 Å². The molecule has 2 unspecified atom stereocenters. The average molecular weight is 421 g/mol. The van der Waals surface area contributed by atoms with Gasteiger partial charge in [-0.3, -0.25) is 0 Å². The number of terminal acetylenes is 1. The van der Waals surface area contributed by atoms with E-state index in [1.54, 1.807) is 6.07 Å². The molecule has 0 fully saturated rings. The Hall–Kier alpha value is -2.04. The first kappa shape index (κ1) is 20.3. The molecule has 0 saturated heterocycles. The SMILES string of the molecule is C#CC(C)[S+]([O-])c1c(C#N)nn(-c2c(Cl)cc(C(F)(F)F)cc2Cl)c1N. The summed E-state index contributed by atoms with van der Waals surface area (Å²) in [7, 11) is 0. The van der Waals surface area contributed by atoms with E-state index in [4.69, 9.17) is 35.4 Å². The Kier molecular flexibility index (Phi) is 5.69. The first-order valence-corrected chi connectivity index (χ1v) is 8.71. The number of hydrogen-bond acceptors (Lipinski definition) is 4. The highest BCUT2D eigenvalue weighted by Crippen LogP contribution is 2.39. The van der Waals surface area contributed by atoms with Crippen LogP contribution in [0.2, 0.25) is 10.0 Å². The van der Waals surface area contributed by atoms with Crippen molar-refractivity contribution in [2.45, 2.75) is 23.2 Å². The van der Waals surface area contributed by atoms with Crippen molar-refractivity contribution in [3.8, 4) is 24.1 Å². The Balaban J connectivity index is 2.71. The van der Waals surface area contributed by atoms with Gasteiger partial charge in [-0.25, -0.2) is 4.68 Å². The first-order chi connectivity index (χ1) is 12.0. The minimum Gasteiger partial charge on any atom is -0.610 e. The van der Waals surface area contributed by atoms with E-state index in [0.29, 0.717) is 12.1 Å². The third-order valence-electron chi connectivity index (χ3n) is 3.29. The van der Waals surface area contributed by atoms with Crippen molar-refractivity contribution in [2.75, 3.05) is 5.73 Å². The predicted octanol–water partition coefficient (Wildman–Crippen LogP) is 3.78. The van der Waals surface area contributed by atoms with Gasteiger partial charge < -0.3 is 10.3 Å². The lowest BCUT2D eigenvalue weighted by atomic mass is 10.2. The van der Waals surface area contributed by atoms with Crippen LogP contribution in [0.25, 0.3) is 5.69 Å². The van der Waals surface area contributed by atoms with E-state index in [1.807, 2.05) is 0 Å². The van der Waals surface area contributed by atoms with Crippen LogP contribution in [0.1, 0.15) is 18.2 Å². The van der Waals surface area contributed by atoms with Gasteiger partial charge in [-0.05, 0) is 25.0 Å². The summed E-state index contributed by atoms with van der Waals surface area (Å²) < 4.78 is 51.9. The second-order valence-electron chi connectivity index (χ2n) is 4.98. The van der Waals surface area contributed by atoms with Gasteiger partial charge in [0.2, 0.25) is 10.6 Å². The van der Waals surface area contributed by atoms with Gasteiger partial charge in [0.15, 0.2) is 11.1 Å². The van der Waals surface area contributed by atoms with Gasteiger partial charge in [-0.1, -0.05) is 23.2 Å². The van der Waals surface area contributed by atoms with Gasteiger partial charge in [0, 0.05) is 11.2 Å². The molecule has 0 aliphatic carbocycles. The van der Waals surface area contributed by atoms with Crippen molar-refractivity contribution >= 4 is 40.2 Å². The van der Waals surface area contributed by atoms with E-state index in [0.717, 1.165) is 4.68 Å². The largest absolute Gasteiger partial charge is 0.610 e. The van der Waals surface area contributed by atoms with Crippen LogP contribution in [-0.2, 0) is 17.4 Å². The van der Waals surface area contributed by atoms with Crippen LogP contribution in [0.15, 0.2) is 17.0 Å². The Labute approximate surface area is 159 Å². The highest BCUT2D eigenvalue weighted by atomic mass is 35.5. The maximum atomic E-state index is 12.9. The molecule has 0 radical (unpaired) electrons. The fourth-order valence-electron chi connectivity index (χ4n) is 2.03. The topological polar surface area (TPSA) is 90.7 Å². The standard InChI is InChI=1S/C15H9Cl2F3N4OS/c1-3-7(2)26(25)13-11(6-21)23-24(14(13)22)12-9(16)4-8(5-10(12)17)15(18,19)20/h1,4-5,7H,22H2,2H3. The lowest BCUT2D eigenvalue weighted by Crippen LogP contribution is -2.18. The van der Waals surface area contributed by atoms with Crippen molar-refractivity contribution in [1.82, 2.24) is 9.78 Å². The smallest absolute Gasteiger partial charge is 0.416 e. The fourth-order valence-corrected chi connectivity index (χ4v) is 3.72. The number of nitrogens with zero attached hydrogens (tertiary/aromatic N) is 3. The highest BCUT2D eigenvalue weighted by molar-refractivity contribution is 7.92. The molecule has 1 heterocycles. The normalized spacial score (nSPS) is 13.7. The van der Waals surface area contributed by atoms with Crippen LogP contribution in [0, 0.1) is 23.7 Å². The van der Waals surface area contributed by atoms with E-state index in [2.05, 4.69) is 11.0 Å². The molecule has 11 heteroatoms. The summed E-state index contributed by atoms with van der Waals surface area (Å²) in [6.45, 7) is 1.48. The van der Waals surface area contributed by atoms with Gasteiger partial charge in [0.1, 0.15) is 11.8 Å². The zero-order chi connectivity index (χ0) is 19.8. The molecule has 26 heavy (non-hydrogen) atoms. The molecule has 0 amide bonds. The maximum absolute atomic E-state index is 12.9. The number of rotatable bonds is 3. The number of aromatic nitrogens is 2. The highest BCUT2D eigenvalue weighted by Gasteiger charge is 2.34. The summed E-state index contributed by atoms with van der Waals surface area (Å²) in [4.78, 5) is -0.134. The van der Waals surface area contributed by atoms with Crippen LogP contribution in [0.4, 0.5) is 19.0 Å². The number of nitriles is 1. The summed E-state index contributed by atoms with van der Waals surface area (Å²) in [6.07, 6.45) is 0.574. The summed E-state index contributed by atoms with van der Waals surface area (Å²) in [5.41, 5.74) is 4.38. The van der Waals surface area contributed by atoms with Gasteiger partial charge in [0.05, 0.1) is 15.6 Å². The number of benzene rings is 1. The van der Waals surface area contributed by atoms with Gasteiger partial charge in [0.25, 0.3) is 0 Å². The molecule has 0 bridgehead atoms. The first-order valence-electron chi connectivity index (χ1n) is 6.74. The van der Waals surface area contributed by atoms with Crippen molar-refractivity contribution in [3.63, 3.8) is 0 Å². The second-order valence-corrected chi connectivity index (χ2v) is 7.50. The summed E-state index contributed by atoms with van der Waals surface area (Å²) in [6, 6.07) is 3.02. The molecular weight excluding hydrogens is 412 g/mol. The number of nitrogens with two attached hydrogens (primary N) is 1. The number of hydrogen-bond donors (Lipinski definition) is 1. The third-order valence-corrected chi connectivity index (χ3v) is 5.45. The van der Waals surface area contributed by atoms with E-state index in [1.165, 1.54) is 6.92 Å². The lowest BCUT2D eigenvalue weighted by molar-refractivity contribution is -0.137. The van der Waals surface area contributed by atoms with E-state index in [-0.39, 0.29) is 22.1 Å². The van der Waals surface area contributed by atoms with Crippen LogP contribution in [0.5, 0.6) is 0 Å². The van der Waals surface area contributed by atoms with Crippen molar-refractivity contribution in [2.24, 2.45) is 0 Å². The molecule has 2 N–H and O–H groups in total. The molecule has 2 rings (SSSR count). The zero-order valence-electron chi connectivity index (χ0n) is 12.9. The Morgan fingerprint density at radius 1 is 1.38 bits per heavy atom. The Morgan fingerprint density at radius 2 is 1.92 bits per heavy atom. The summed E-state index contributed by atoms with van der Waals surface area (Å²) in [5, 5.41) is 11.5. The van der Waals surface area contributed by atoms with E-state index in [9.17, 15) is 23.0 Å². The Bertz CT molecular complexity index is 923. The molecule has 1 aromatic heterocycles. The molecule has 0 aliphatic heterocycles. The van der Waals surface area contributed by atoms with Crippen LogP contribution in [-0.4, -0.2) is 19.6 Å². The number of halogens is 5. The Morgan fingerprint density at radius 3 is 2.35 bits per heavy atom. The van der Waals surface area contributed by atoms with Gasteiger partial charge in [-0.15, -0.1) is 11.5 Å². The van der Waals surface area contributed by atoms with Crippen molar-refractivity contribution < 1.29 is 17.7 Å². The van der Waals surface area contributed by atoms with E-state index >= 15 is 0 Å². The molecule has 2 atom stereocenters. The molecule has 2 aromatic rings. The van der Waals surface area contributed by atoms with Crippen molar-refractivity contribution in [1.29, 1.82) is 5.26 Å². The van der Waals surface area contributed by atoms with Crippen LogP contribution in [0.3, 0.4) is 0 Å². The molecular formula is C15H9Cl2F3N4OS. The molecule has 1 aromatic carbocycles. The minimum absolute atomic E-state index is 0.134. The quantitative estimate of drug-likeness (QED) is 0.603. The summed E-state index contributed by atoms with van der Waals surface area (Å²) in [5.74, 6) is 2.00. The number of alkyl halides is 3. The molecule has 5 nitrogen and oxygen atoms in total. The minimum atomic E-state index is -4.66. The van der Waals surface area contributed by atoms with Crippen LogP contribution < -0.4 is 5.73 Å². The molecule has 0 aliphatic rings. The summed E-state index contributed by atoms with van der Waals surface area (Å²) >= 11 is 9.99. The predicted molar refractivity (Wildman–Crippen MR) is 92.4 cm³/mol.